The average Bonchev–Trinajstić information content (AvgIpc) is 3.29. The summed E-state index contributed by atoms with van der Waals surface area (Å²) in [6, 6.07) is 5.68. The minimum Gasteiger partial charge on any atom is -0.329 e. The highest BCUT2D eigenvalue weighted by Gasteiger charge is 2.28. The minimum atomic E-state index is -0.127. The van der Waals surface area contributed by atoms with E-state index < -0.39 is 0 Å². The summed E-state index contributed by atoms with van der Waals surface area (Å²) >= 11 is 0. The summed E-state index contributed by atoms with van der Waals surface area (Å²) in [6.07, 6.45) is 2.82. The molecule has 3 nitrogen and oxygen atoms in total. The number of piperazine rings is 1. The number of aryl methyl sites for hydroxylation is 1. The van der Waals surface area contributed by atoms with Crippen molar-refractivity contribution in [2.75, 3.05) is 39.3 Å². The van der Waals surface area contributed by atoms with Crippen LogP contribution in [0.1, 0.15) is 30.0 Å². The molecule has 1 aliphatic heterocycles. The van der Waals surface area contributed by atoms with Crippen LogP contribution >= 0.6 is 0 Å². The van der Waals surface area contributed by atoms with Crippen molar-refractivity contribution in [3.63, 3.8) is 0 Å². The molecular weight excluding hydrogens is 265 g/mol. The van der Waals surface area contributed by atoms with Crippen molar-refractivity contribution in [2.45, 2.75) is 25.8 Å². The summed E-state index contributed by atoms with van der Waals surface area (Å²) in [6.45, 7) is 7.90. The Balaban J connectivity index is 1.62. The van der Waals surface area contributed by atoms with Crippen LogP contribution in [-0.4, -0.2) is 49.1 Å². The van der Waals surface area contributed by atoms with Gasteiger partial charge in [-0.15, -0.1) is 0 Å². The Morgan fingerprint density at radius 1 is 1.24 bits per heavy atom. The Bertz CT molecular complexity index is 479. The van der Waals surface area contributed by atoms with Gasteiger partial charge in [0.05, 0.1) is 0 Å². The molecule has 1 saturated carbocycles. The van der Waals surface area contributed by atoms with Gasteiger partial charge in [-0.2, -0.15) is 0 Å². The van der Waals surface area contributed by atoms with E-state index >= 15 is 0 Å². The van der Waals surface area contributed by atoms with Gasteiger partial charge in [0.1, 0.15) is 5.82 Å². The molecule has 3 rings (SSSR count). The Labute approximate surface area is 126 Å². The molecule has 21 heavy (non-hydrogen) atoms. The lowest BCUT2D eigenvalue weighted by molar-refractivity contribution is 0.0954. The molecule has 1 saturated heterocycles. The van der Waals surface area contributed by atoms with Crippen LogP contribution in [0.25, 0.3) is 0 Å². The molecule has 0 bridgehead atoms. The molecule has 0 aromatic heterocycles. The third-order valence-electron chi connectivity index (χ3n) is 4.86. The number of hydrogen-bond donors (Lipinski definition) is 1. The van der Waals surface area contributed by atoms with Gasteiger partial charge in [-0.1, -0.05) is 12.1 Å². The number of benzene rings is 1. The van der Waals surface area contributed by atoms with Crippen LogP contribution in [0.15, 0.2) is 18.2 Å². The molecule has 0 amide bonds. The van der Waals surface area contributed by atoms with Crippen molar-refractivity contribution >= 4 is 0 Å². The fourth-order valence-electron chi connectivity index (χ4n) is 3.24. The summed E-state index contributed by atoms with van der Waals surface area (Å²) < 4.78 is 13.8. The molecule has 2 fully saturated rings. The number of hydrogen-bond acceptors (Lipinski definition) is 3. The van der Waals surface area contributed by atoms with Crippen LogP contribution in [0, 0.1) is 18.7 Å². The van der Waals surface area contributed by atoms with E-state index in [4.69, 9.17) is 5.73 Å². The van der Waals surface area contributed by atoms with Crippen LogP contribution in [0.2, 0.25) is 0 Å². The highest BCUT2D eigenvalue weighted by Crippen LogP contribution is 2.30. The maximum Gasteiger partial charge on any atom is 0.126 e. The summed E-state index contributed by atoms with van der Waals surface area (Å²) in [5.41, 5.74) is 7.68. The van der Waals surface area contributed by atoms with Gasteiger partial charge in [-0.25, -0.2) is 4.39 Å². The predicted octanol–water partition coefficient (Wildman–Crippen LogP) is 2.16. The van der Waals surface area contributed by atoms with Gasteiger partial charge in [0.15, 0.2) is 0 Å². The van der Waals surface area contributed by atoms with E-state index in [2.05, 4.69) is 9.80 Å². The van der Waals surface area contributed by atoms with Gasteiger partial charge in [-0.05, 0) is 42.9 Å². The Hall–Kier alpha value is -0.970. The number of nitrogens with zero attached hydrogens (tertiary/aromatic N) is 2. The lowest BCUT2D eigenvalue weighted by Crippen LogP contribution is -2.49. The first kappa shape index (κ1) is 14.9. The van der Waals surface area contributed by atoms with Crippen molar-refractivity contribution in [2.24, 2.45) is 11.7 Å². The molecule has 2 N–H and O–H groups in total. The van der Waals surface area contributed by atoms with Crippen molar-refractivity contribution in [3.8, 4) is 0 Å². The Morgan fingerprint density at radius 2 is 1.95 bits per heavy atom. The second kappa shape index (κ2) is 6.42. The fourth-order valence-corrected chi connectivity index (χ4v) is 3.24. The average molecular weight is 291 g/mol. The number of rotatable bonds is 5. The number of halogens is 1. The number of nitrogens with two attached hydrogens (primary N) is 1. The molecule has 1 aromatic rings. The quantitative estimate of drug-likeness (QED) is 0.902. The second-order valence-corrected chi connectivity index (χ2v) is 6.54. The van der Waals surface area contributed by atoms with E-state index in [0.29, 0.717) is 12.1 Å². The monoisotopic (exact) mass is 291 g/mol. The fraction of sp³-hybridized carbons (Fsp3) is 0.647. The Kier molecular flexibility index (Phi) is 4.57. The van der Waals surface area contributed by atoms with Gasteiger partial charge >= 0.3 is 0 Å². The van der Waals surface area contributed by atoms with Crippen LogP contribution < -0.4 is 5.73 Å². The standard InChI is InChI=1S/C17H26FN3/c1-13-2-5-15(10-16(13)18)17(11-19)21-8-6-20(7-9-21)12-14-3-4-14/h2,5,10,14,17H,3-4,6-9,11-12,19H2,1H3. The van der Waals surface area contributed by atoms with Gasteiger partial charge in [0.25, 0.3) is 0 Å². The highest BCUT2D eigenvalue weighted by atomic mass is 19.1. The molecule has 2 aliphatic rings. The minimum absolute atomic E-state index is 0.127. The SMILES string of the molecule is Cc1ccc(C(CN)N2CCN(CC3CC3)CC2)cc1F. The zero-order valence-corrected chi connectivity index (χ0v) is 12.9. The second-order valence-electron chi connectivity index (χ2n) is 6.54. The first-order valence-electron chi connectivity index (χ1n) is 8.10. The summed E-state index contributed by atoms with van der Waals surface area (Å²) in [4.78, 5) is 4.98. The summed E-state index contributed by atoms with van der Waals surface area (Å²) in [5.74, 6) is 0.825. The molecule has 116 valence electrons. The topological polar surface area (TPSA) is 32.5 Å². The molecule has 0 spiro atoms. The van der Waals surface area contributed by atoms with Gasteiger partial charge < -0.3 is 10.6 Å². The zero-order chi connectivity index (χ0) is 14.8. The van der Waals surface area contributed by atoms with Crippen LogP contribution in [0.5, 0.6) is 0 Å². The van der Waals surface area contributed by atoms with E-state index in [1.54, 1.807) is 13.0 Å². The normalized spacial score (nSPS) is 22.4. The van der Waals surface area contributed by atoms with Gasteiger partial charge in [-0.3, -0.25) is 4.90 Å². The van der Waals surface area contributed by atoms with Crippen molar-refractivity contribution in [3.05, 3.63) is 35.1 Å². The summed E-state index contributed by atoms with van der Waals surface area (Å²) in [7, 11) is 0. The van der Waals surface area contributed by atoms with E-state index in [9.17, 15) is 4.39 Å². The first-order chi connectivity index (χ1) is 10.2. The lowest BCUT2D eigenvalue weighted by atomic mass is 10.0. The third-order valence-corrected chi connectivity index (χ3v) is 4.86. The van der Waals surface area contributed by atoms with Gasteiger partial charge in [0, 0.05) is 45.3 Å². The van der Waals surface area contributed by atoms with Crippen LogP contribution in [0.3, 0.4) is 0 Å². The van der Waals surface area contributed by atoms with Crippen molar-refractivity contribution in [1.82, 2.24) is 9.80 Å². The molecule has 0 radical (unpaired) electrons. The molecule has 4 heteroatoms. The van der Waals surface area contributed by atoms with Gasteiger partial charge in [0.2, 0.25) is 0 Å². The molecule has 1 unspecified atom stereocenters. The van der Waals surface area contributed by atoms with Crippen molar-refractivity contribution in [1.29, 1.82) is 0 Å². The van der Waals surface area contributed by atoms with Crippen LogP contribution in [-0.2, 0) is 0 Å². The molecular formula is C17H26FN3. The van der Waals surface area contributed by atoms with E-state index in [-0.39, 0.29) is 11.9 Å². The third kappa shape index (κ3) is 3.62. The first-order valence-corrected chi connectivity index (χ1v) is 8.10. The molecule has 1 atom stereocenters. The smallest absolute Gasteiger partial charge is 0.126 e. The largest absolute Gasteiger partial charge is 0.329 e. The molecule has 1 heterocycles. The molecule has 1 aromatic carbocycles. The maximum absolute atomic E-state index is 13.8. The maximum atomic E-state index is 13.8. The van der Waals surface area contributed by atoms with E-state index in [0.717, 1.165) is 37.7 Å². The highest BCUT2D eigenvalue weighted by molar-refractivity contribution is 5.26. The zero-order valence-electron chi connectivity index (χ0n) is 12.9. The van der Waals surface area contributed by atoms with E-state index in [1.807, 2.05) is 12.1 Å². The predicted molar refractivity (Wildman–Crippen MR) is 83.7 cm³/mol. The molecule has 1 aliphatic carbocycles. The summed E-state index contributed by atoms with van der Waals surface area (Å²) in [5, 5.41) is 0. The van der Waals surface area contributed by atoms with E-state index in [1.165, 1.54) is 19.4 Å². The van der Waals surface area contributed by atoms with Crippen molar-refractivity contribution < 1.29 is 4.39 Å². The Morgan fingerprint density at radius 3 is 2.52 bits per heavy atom. The van der Waals surface area contributed by atoms with Crippen LogP contribution in [0.4, 0.5) is 4.39 Å². The lowest BCUT2D eigenvalue weighted by Gasteiger charge is -2.39.